The SMILES string of the molecule is COc1ccc(OCCNC(=O)CCC(=O)c2ccc3c(c2)N(C)C(=O)C(C)O3)cc1. The van der Waals surface area contributed by atoms with E-state index in [0.29, 0.717) is 35.9 Å². The lowest BCUT2D eigenvalue weighted by Gasteiger charge is -2.30. The highest BCUT2D eigenvalue weighted by molar-refractivity contribution is 6.03. The third-order valence-electron chi connectivity index (χ3n) is 4.96. The van der Waals surface area contributed by atoms with Crippen LogP contribution in [0.5, 0.6) is 17.2 Å². The molecular formula is C23H26N2O6. The number of rotatable bonds is 9. The highest BCUT2D eigenvalue weighted by Crippen LogP contribution is 2.34. The number of ketones is 1. The van der Waals surface area contributed by atoms with E-state index < -0.39 is 6.10 Å². The number of hydrogen-bond donors (Lipinski definition) is 1. The van der Waals surface area contributed by atoms with Crippen LogP contribution in [0, 0.1) is 0 Å². The maximum atomic E-state index is 12.5. The Labute approximate surface area is 181 Å². The van der Waals surface area contributed by atoms with Gasteiger partial charge in [-0.2, -0.15) is 0 Å². The number of fused-ring (bicyclic) bond motifs is 1. The van der Waals surface area contributed by atoms with Crippen LogP contribution in [0.4, 0.5) is 5.69 Å². The van der Waals surface area contributed by atoms with E-state index in [1.807, 2.05) is 0 Å². The number of likely N-dealkylation sites (N-methyl/N-ethyl adjacent to an activating group) is 1. The molecule has 0 aromatic heterocycles. The van der Waals surface area contributed by atoms with Crippen LogP contribution in [0.2, 0.25) is 0 Å². The summed E-state index contributed by atoms with van der Waals surface area (Å²) in [5, 5.41) is 2.74. The van der Waals surface area contributed by atoms with Crippen molar-refractivity contribution in [3.05, 3.63) is 48.0 Å². The van der Waals surface area contributed by atoms with Gasteiger partial charge in [-0.3, -0.25) is 14.4 Å². The zero-order valence-electron chi connectivity index (χ0n) is 17.8. The molecule has 2 aromatic rings. The molecule has 0 bridgehead atoms. The van der Waals surface area contributed by atoms with E-state index in [0.717, 1.165) is 5.75 Å². The summed E-state index contributed by atoms with van der Waals surface area (Å²) in [4.78, 5) is 38.1. The van der Waals surface area contributed by atoms with Gasteiger partial charge in [-0.05, 0) is 49.4 Å². The van der Waals surface area contributed by atoms with Gasteiger partial charge in [0.1, 0.15) is 23.9 Å². The first-order valence-electron chi connectivity index (χ1n) is 10.0. The summed E-state index contributed by atoms with van der Waals surface area (Å²) in [7, 11) is 3.24. The first-order chi connectivity index (χ1) is 14.9. The monoisotopic (exact) mass is 426 g/mol. The molecule has 2 aromatic carbocycles. The second-order valence-electron chi connectivity index (χ2n) is 7.14. The molecule has 0 saturated heterocycles. The van der Waals surface area contributed by atoms with Crippen LogP contribution in [0.25, 0.3) is 0 Å². The third kappa shape index (κ3) is 5.53. The van der Waals surface area contributed by atoms with Gasteiger partial charge < -0.3 is 24.4 Å². The summed E-state index contributed by atoms with van der Waals surface area (Å²) >= 11 is 0. The van der Waals surface area contributed by atoms with Crippen molar-refractivity contribution in [1.82, 2.24) is 5.32 Å². The van der Waals surface area contributed by atoms with Crippen LogP contribution in [0.1, 0.15) is 30.1 Å². The molecule has 1 unspecified atom stereocenters. The fraction of sp³-hybridized carbons (Fsp3) is 0.348. The van der Waals surface area contributed by atoms with Gasteiger partial charge in [0.05, 0.1) is 19.3 Å². The number of Topliss-reactive ketones (excluding diaryl/α,β-unsaturated/α-hetero) is 1. The van der Waals surface area contributed by atoms with Crippen molar-refractivity contribution in [3.8, 4) is 17.2 Å². The second kappa shape index (κ2) is 9.97. The molecule has 1 atom stereocenters. The Morgan fingerprint density at radius 2 is 1.81 bits per heavy atom. The summed E-state index contributed by atoms with van der Waals surface area (Å²) in [6, 6.07) is 12.1. The summed E-state index contributed by atoms with van der Waals surface area (Å²) in [6.45, 7) is 2.33. The highest BCUT2D eigenvalue weighted by atomic mass is 16.5. The van der Waals surface area contributed by atoms with Gasteiger partial charge in [0, 0.05) is 25.5 Å². The number of nitrogens with zero attached hydrogens (tertiary/aromatic N) is 1. The van der Waals surface area contributed by atoms with Gasteiger partial charge in [-0.1, -0.05) is 0 Å². The van der Waals surface area contributed by atoms with Gasteiger partial charge >= 0.3 is 0 Å². The van der Waals surface area contributed by atoms with Crippen molar-refractivity contribution < 1.29 is 28.6 Å². The number of carbonyl (C=O) groups is 3. The van der Waals surface area contributed by atoms with Crippen LogP contribution >= 0.6 is 0 Å². The largest absolute Gasteiger partial charge is 0.497 e. The number of hydrogen-bond acceptors (Lipinski definition) is 6. The molecule has 164 valence electrons. The van der Waals surface area contributed by atoms with Gasteiger partial charge in [-0.15, -0.1) is 0 Å². The average Bonchev–Trinajstić information content (AvgIpc) is 2.79. The first-order valence-corrected chi connectivity index (χ1v) is 10.0. The zero-order valence-corrected chi connectivity index (χ0v) is 17.8. The molecule has 1 aliphatic heterocycles. The van der Waals surface area contributed by atoms with E-state index in [1.165, 1.54) is 4.90 Å². The standard InChI is InChI=1S/C23H26N2O6/c1-15-23(28)25(2)19-14-16(4-10-21(19)31-15)20(26)9-11-22(27)24-12-13-30-18-7-5-17(29-3)6-8-18/h4-8,10,14-15H,9,11-13H2,1-3H3,(H,24,27). The minimum atomic E-state index is -0.559. The van der Waals surface area contributed by atoms with E-state index in [1.54, 1.807) is 63.5 Å². The molecule has 8 nitrogen and oxygen atoms in total. The molecule has 0 radical (unpaired) electrons. The van der Waals surface area contributed by atoms with Crippen molar-refractivity contribution in [3.63, 3.8) is 0 Å². The minimum absolute atomic E-state index is 0.0683. The summed E-state index contributed by atoms with van der Waals surface area (Å²) in [5.41, 5.74) is 0.987. The fourth-order valence-electron chi connectivity index (χ4n) is 3.18. The quantitative estimate of drug-likeness (QED) is 0.489. The van der Waals surface area contributed by atoms with E-state index in [-0.39, 0.29) is 30.4 Å². The highest BCUT2D eigenvalue weighted by Gasteiger charge is 2.29. The molecule has 31 heavy (non-hydrogen) atoms. The van der Waals surface area contributed by atoms with E-state index in [9.17, 15) is 14.4 Å². The Kier molecular flexibility index (Phi) is 7.12. The summed E-state index contributed by atoms with van der Waals surface area (Å²) in [5.74, 6) is 1.40. The first kappa shape index (κ1) is 22.1. The Bertz CT molecular complexity index is 957. The van der Waals surface area contributed by atoms with Gasteiger partial charge in [0.2, 0.25) is 5.91 Å². The van der Waals surface area contributed by atoms with Crippen LogP contribution in [0.15, 0.2) is 42.5 Å². The normalized spacial score (nSPS) is 15.0. The molecule has 8 heteroatoms. The van der Waals surface area contributed by atoms with E-state index in [2.05, 4.69) is 5.32 Å². The van der Waals surface area contributed by atoms with Crippen molar-refractivity contribution in [2.24, 2.45) is 0 Å². The molecule has 3 rings (SSSR count). The third-order valence-corrected chi connectivity index (χ3v) is 4.96. The minimum Gasteiger partial charge on any atom is -0.497 e. The Hall–Kier alpha value is -3.55. The van der Waals surface area contributed by atoms with Crippen molar-refractivity contribution in [2.75, 3.05) is 32.2 Å². The molecule has 1 N–H and O–H groups in total. The van der Waals surface area contributed by atoms with Crippen LogP contribution in [0.3, 0.4) is 0 Å². The summed E-state index contributed by atoms with van der Waals surface area (Å²) in [6.07, 6.45) is -0.420. The number of ether oxygens (including phenoxy) is 3. The molecule has 0 spiro atoms. The maximum Gasteiger partial charge on any atom is 0.267 e. The topological polar surface area (TPSA) is 94.2 Å². The second-order valence-corrected chi connectivity index (χ2v) is 7.14. The van der Waals surface area contributed by atoms with E-state index in [4.69, 9.17) is 14.2 Å². The van der Waals surface area contributed by atoms with Crippen LogP contribution in [-0.4, -0.2) is 51.0 Å². The maximum absolute atomic E-state index is 12.5. The van der Waals surface area contributed by atoms with Crippen LogP contribution < -0.4 is 24.4 Å². The van der Waals surface area contributed by atoms with Crippen molar-refractivity contribution >= 4 is 23.3 Å². The van der Waals surface area contributed by atoms with Crippen molar-refractivity contribution in [2.45, 2.75) is 25.9 Å². The Balaban J connectivity index is 1.43. The van der Waals surface area contributed by atoms with Crippen LogP contribution in [-0.2, 0) is 9.59 Å². The lowest BCUT2D eigenvalue weighted by atomic mass is 10.0. The number of carbonyl (C=O) groups excluding carboxylic acids is 3. The number of benzene rings is 2. The number of amides is 2. The van der Waals surface area contributed by atoms with Gasteiger partial charge in [0.25, 0.3) is 5.91 Å². The Morgan fingerprint density at radius 1 is 1.10 bits per heavy atom. The molecule has 0 saturated carbocycles. The number of anilines is 1. The zero-order chi connectivity index (χ0) is 22.4. The lowest BCUT2D eigenvalue weighted by molar-refractivity contribution is -0.125. The average molecular weight is 426 g/mol. The molecule has 2 amide bonds. The molecule has 0 aliphatic carbocycles. The van der Waals surface area contributed by atoms with Crippen molar-refractivity contribution in [1.29, 1.82) is 0 Å². The molecule has 0 fully saturated rings. The summed E-state index contributed by atoms with van der Waals surface area (Å²) < 4.78 is 16.2. The van der Waals surface area contributed by atoms with Gasteiger partial charge in [-0.25, -0.2) is 0 Å². The fourth-order valence-corrected chi connectivity index (χ4v) is 3.18. The van der Waals surface area contributed by atoms with Gasteiger partial charge in [0.15, 0.2) is 11.9 Å². The molecular weight excluding hydrogens is 400 g/mol. The Morgan fingerprint density at radius 3 is 2.52 bits per heavy atom. The smallest absolute Gasteiger partial charge is 0.267 e. The number of methoxy groups -OCH3 is 1. The predicted molar refractivity (Wildman–Crippen MR) is 115 cm³/mol. The number of nitrogens with one attached hydrogen (secondary N) is 1. The molecule has 1 aliphatic rings. The lowest BCUT2D eigenvalue weighted by Crippen LogP contribution is -2.42. The predicted octanol–water partition coefficient (Wildman–Crippen LogP) is 2.60. The van der Waals surface area contributed by atoms with E-state index >= 15 is 0 Å². The molecule has 1 heterocycles.